The topological polar surface area (TPSA) is 54.6 Å². The van der Waals surface area contributed by atoms with Gasteiger partial charge in [-0.15, -0.1) is 0 Å². The van der Waals surface area contributed by atoms with Crippen LogP contribution in [0.25, 0.3) is 0 Å². The van der Waals surface area contributed by atoms with E-state index in [1.165, 1.54) is 11.8 Å². The van der Waals surface area contributed by atoms with Gasteiger partial charge in [0.1, 0.15) is 5.76 Å². The monoisotopic (exact) mass is 256 g/mol. The van der Waals surface area contributed by atoms with Crippen LogP contribution in [0.1, 0.15) is 23.8 Å². The first-order valence-corrected chi connectivity index (χ1v) is 6.21. The van der Waals surface area contributed by atoms with Crippen LogP contribution in [0.5, 0.6) is 0 Å². The van der Waals surface area contributed by atoms with Gasteiger partial charge in [0.2, 0.25) is 5.91 Å². The van der Waals surface area contributed by atoms with E-state index in [1.807, 2.05) is 24.3 Å². The van der Waals surface area contributed by atoms with E-state index in [9.17, 15) is 4.79 Å². The SMILES string of the molecule is CCc1ccc(CC(=O)NN=Cc2ccco2)cc1. The molecule has 0 fully saturated rings. The summed E-state index contributed by atoms with van der Waals surface area (Å²) in [5.41, 5.74) is 4.71. The molecule has 0 aliphatic heterocycles. The zero-order chi connectivity index (χ0) is 13.5. The molecule has 1 aromatic heterocycles. The van der Waals surface area contributed by atoms with Crippen molar-refractivity contribution in [3.63, 3.8) is 0 Å². The normalized spacial score (nSPS) is 10.8. The molecule has 0 unspecified atom stereocenters. The summed E-state index contributed by atoms with van der Waals surface area (Å²) in [6, 6.07) is 11.5. The third-order valence-corrected chi connectivity index (χ3v) is 2.72. The highest BCUT2D eigenvalue weighted by Gasteiger charge is 2.01. The first-order chi connectivity index (χ1) is 9.28. The van der Waals surface area contributed by atoms with E-state index in [0.717, 1.165) is 12.0 Å². The minimum atomic E-state index is -0.146. The fourth-order valence-electron chi connectivity index (χ4n) is 1.65. The van der Waals surface area contributed by atoms with Crippen LogP contribution in [0, 0.1) is 0 Å². The third kappa shape index (κ3) is 4.10. The van der Waals surface area contributed by atoms with E-state index >= 15 is 0 Å². The first kappa shape index (κ1) is 13.1. The van der Waals surface area contributed by atoms with Crippen LogP contribution in [0.4, 0.5) is 0 Å². The fourth-order valence-corrected chi connectivity index (χ4v) is 1.65. The maximum atomic E-state index is 11.6. The summed E-state index contributed by atoms with van der Waals surface area (Å²) in [7, 11) is 0. The summed E-state index contributed by atoms with van der Waals surface area (Å²) < 4.78 is 5.06. The summed E-state index contributed by atoms with van der Waals surface area (Å²) in [5, 5.41) is 3.83. The molecule has 4 heteroatoms. The number of hydrogen-bond acceptors (Lipinski definition) is 3. The van der Waals surface area contributed by atoms with Crippen LogP contribution in [-0.2, 0) is 17.6 Å². The lowest BCUT2D eigenvalue weighted by Gasteiger charge is -2.01. The molecule has 1 N–H and O–H groups in total. The average Bonchev–Trinajstić information content (AvgIpc) is 2.93. The van der Waals surface area contributed by atoms with E-state index in [-0.39, 0.29) is 5.91 Å². The van der Waals surface area contributed by atoms with E-state index < -0.39 is 0 Å². The second-order valence-corrected chi connectivity index (χ2v) is 4.16. The number of amides is 1. The number of aryl methyl sites for hydroxylation is 1. The van der Waals surface area contributed by atoms with E-state index in [1.54, 1.807) is 18.4 Å². The zero-order valence-electron chi connectivity index (χ0n) is 10.8. The molecule has 19 heavy (non-hydrogen) atoms. The first-order valence-electron chi connectivity index (χ1n) is 6.21. The second-order valence-electron chi connectivity index (χ2n) is 4.16. The molecule has 2 rings (SSSR count). The molecule has 1 amide bonds. The average molecular weight is 256 g/mol. The van der Waals surface area contributed by atoms with Crippen molar-refractivity contribution in [3.05, 3.63) is 59.5 Å². The van der Waals surface area contributed by atoms with Crippen molar-refractivity contribution in [2.45, 2.75) is 19.8 Å². The summed E-state index contributed by atoms with van der Waals surface area (Å²) in [6.45, 7) is 2.10. The number of hydrogen-bond donors (Lipinski definition) is 1. The van der Waals surface area contributed by atoms with Crippen molar-refractivity contribution in [3.8, 4) is 0 Å². The maximum Gasteiger partial charge on any atom is 0.244 e. The molecule has 0 bridgehead atoms. The Labute approximate surface area is 112 Å². The second kappa shape index (κ2) is 6.54. The standard InChI is InChI=1S/C15H16N2O2/c1-2-12-5-7-13(8-6-12)10-15(18)17-16-11-14-4-3-9-19-14/h3-9,11H,2,10H2,1H3,(H,17,18). The van der Waals surface area contributed by atoms with Crippen LogP contribution < -0.4 is 5.43 Å². The summed E-state index contributed by atoms with van der Waals surface area (Å²) in [5.74, 6) is 0.458. The Hall–Kier alpha value is -2.36. The smallest absolute Gasteiger partial charge is 0.244 e. The van der Waals surface area contributed by atoms with Crippen molar-refractivity contribution in [2.75, 3.05) is 0 Å². The minimum absolute atomic E-state index is 0.146. The van der Waals surface area contributed by atoms with Gasteiger partial charge < -0.3 is 4.42 Å². The van der Waals surface area contributed by atoms with Crippen molar-refractivity contribution in [1.82, 2.24) is 5.43 Å². The summed E-state index contributed by atoms with van der Waals surface area (Å²) >= 11 is 0. The number of benzene rings is 1. The highest BCUT2D eigenvalue weighted by molar-refractivity contribution is 5.81. The Bertz CT molecular complexity index is 542. The highest BCUT2D eigenvalue weighted by Crippen LogP contribution is 2.05. The predicted octanol–water partition coefficient (Wildman–Crippen LogP) is 2.53. The predicted molar refractivity (Wildman–Crippen MR) is 74.0 cm³/mol. The Balaban J connectivity index is 1.83. The molecule has 0 saturated heterocycles. The van der Waals surface area contributed by atoms with Crippen molar-refractivity contribution in [2.24, 2.45) is 5.10 Å². The number of carbonyl (C=O) groups excluding carboxylic acids is 1. The van der Waals surface area contributed by atoms with Gasteiger partial charge in [-0.25, -0.2) is 5.43 Å². The Morgan fingerprint density at radius 2 is 2.00 bits per heavy atom. The van der Waals surface area contributed by atoms with Gasteiger partial charge in [-0.1, -0.05) is 31.2 Å². The van der Waals surface area contributed by atoms with Gasteiger partial charge in [-0.3, -0.25) is 4.79 Å². The quantitative estimate of drug-likeness (QED) is 0.660. The number of carbonyl (C=O) groups is 1. The lowest BCUT2D eigenvalue weighted by atomic mass is 10.1. The molecular weight excluding hydrogens is 240 g/mol. The van der Waals surface area contributed by atoms with Crippen LogP contribution in [0.15, 0.2) is 52.2 Å². The Kier molecular flexibility index (Phi) is 4.50. The molecule has 0 aliphatic carbocycles. The molecule has 1 aromatic carbocycles. The number of nitrogens with one attached hydrogen (secondary N) is 1. The number of furan rings is 1. The zero-order valence-corrected chi connectivity index (χ0v) is 10.8. The van der Waals surface area contributed by atoms with Gasteiger partial charge in [-0.05, 0) is 29.7 Å². The van der Waals surface area contributed by atoms with Crippen LogP contribution in [0.3, 0.4) is 0 Å². The Morgan fingerprint density at radius 3 is 2.63 bits per heavy atom. The largest absolute Gasteiger partial charge is 0.463 e. The molecule has 98 valence electrons. The molecule has 0 aliphatic rings. The molecule has 0 atom stereocenters. The third-order valence-electron chi connectivity index (χ3n) is 2.72. The van der Waals surface area contributed by atoms with Crippen LogP contribution in [0.2, 0.25) is 0 Å². The van der Waals surface area contributed by atoms with E-state index in [4.69, 9.17) is 4.42 Å². The molecule has 4 nitrogen and oxygen atoms in total. The van der Waals surface area contributed by atoms with Gasteiger partial charge in [0.25, 0.3) is 0 Å². The van der Waals surface area contributed by atoms with E-state index in [2.05, 4.69) is 17.5 Å². The molecular formula is C15H16N2O2. The Morgan fingerprint density at radius 1 is 1.26 bits per heavy atom. The highest BCUT2D eigenvalue weighted by atomic mass is 16.3. The number of rotatable bonds is 5. The van der Waals surface area contributed by atoms with Gasteiger partial charge in [0.05, 0.1) is 18.9 Å². The summed E-state index contributed by atoms with van der Waals surface area (Å²) in [6.07, 6.45) is 4.34. The van der Waals surface area contributed by atoms with Gasteiger partial charge >= 0.3 is 0 Å². The van der Waals surface area contributed by atoms with Crippen molar-refractivity contribution >= 4 is 12.1 Å². The van der Waals surface area contributed by atoms with E-state index in [0.29, 0.717) is 12.2 Å². The number of hydrazone groups is 1. The fraction of sp³-hybridized carbons (Fsp3) is 0.200. The lowest BCUT2D eigenvalue weighted by molar-refractivity contribution is -0.120. The minimum Gasteiger partial charge on any atom is -0.463 e. The number of nitrogens with zero attached hydrogens (tertiary/aromatic N) is 1. The molecule has 0 spiro atoms. The van der Waals surface area contributed by atoms with Crippen molar-refractivity contribution in [1.29, 1.82) is 0 Å². The molecule has 0 radical (unpaired) electrons. The lowest BCUT2D eigenvalue weighted by Crippen LogP contribution is -2.19. The van der Waals surface area contributed by atoms with Gasteiger partial charge in [0.15, 0.2) is 0 Å². The molecule has 1 heterocycles. The van der Waals surface area contributed by atoms with Crippen molar-refractivity contribution < 1.29 is 9.21 Å². The maximum absolute atomic E-state index is 11.6. The van der Waals surface area contributed by atoms with Gasteiger partial charge in [0, 0.05) is 0 Å². The van der Waals surface area contributed by atoms with Crippen LogP contribution >= 0.6 is 0 Å². The molecule has 0 saturated carbocycles. The van der Waals surface area contributed by atoms with Gasteiger partial charge in [-0.2, -0.15) is 5.10 Å². The summed E-state index contributed by atoms with van der Waals surface area (Å²) in [4.78, 5) is 11.6. The van der Waals surface area contributed by atoms with Crippen LogP contribution in [-0.4, -0.2) is 12.1 Å². The molecule has 2 aromatic rings.